The number of rotatable bonds is 13. The van der Waals surface area contributed by atoms with Crippen molar-refractivity contribution in [2.75, 3.05) is 39.5 Å². The van der Waals surface area contributed by atoms with Gasteiger partial charge in [0.1, 0.15) is 45.3 Å². The van der Waals surface area contributed by atoms with Crippen LogP contribution in [0.5, 0.6) is 17.2 Å². The fourth-order valence-corrected chi connectivity index (χ4v) is 7.83. The number of methoxy groups -OCH3 is 2. The van der Waals surface area contributed by atoms with E-state index in [1.54, 1.807) is 25.6 Å². The summed E-state index contributed by atoms with van der Waals surface area (Å²) in [5.74, 6) is 1.96. The van der Waals surface area contributed by atoms with Crippen LogP contribution < -0.4 is 19.5 Å². The van der Waals surface area contributed by atoms with Crippen molar-refractivity contribution in [2.24, 2.45) is 0 Å². The van der Waals surface area contributed by atoms with Crippen molar-refractivity contribution in [3.8, 4) is 27.8 Å². The Morgan fingerprint density at radius 3 is 2.07 bits per heavy atom. The standard InChI is InChI=1S/C36H39N2O6S2/c1-7-42-23-43-27-13-19-30-32(21-27)45-35(38-30)24-8-18-31(37-22-34(39)44-36(2,3)4)33(20-24)46(28-14-9-25(40-5)10-15-28)29-16-11-26(41-6)12-17-29/h8-21,37H,7,22-23H2,1-6H3/q+1. The van der Waals surface area contributed by atoms with Gasteiger partial charge in [-0.3, -0.25) is 4.79 Å². The minimum absolute atomic E-state index is 0.0255. The van der Waals surface area contributed by atoms with Crippen LogP contribution in [0.3, 0.4) is 0 Å². The van der Waals surface area contributed by atoms with Gasteiger partial charge < -0.3 is 29.0 Å². The molecular weight excluding hydrogens is 621 g/mol. The summed E-state index contributed by atoms with van der Waals surface area (Å²) in [6, 6.07) is 28.3. The normalized spacial score (nSPS) is 11.5. The van der Waals surface area contributed by atoms with Gasteiger partial charge in [-0.15, -0.1) is 11.3 Å². The number of fused-ring (bicyclic) bond motifs is 1. The van der Waals surface area contributed by atoms with Crippen molar-refractivity contribution in [3.05, 3.63) is 84.9 Å². The van der Waals surface area contributed by atoms with E-state index in [1.165, 1.54) is 0 Å². The summed E-state index contributed by atoms with van der Waals surface area (Å²) in [6.07, 6.45) is 0. The molecule has 0 bridgehead atoms. The lowest BCUT2D eigenvalue weighted by molar-refractivity contribution is -0.152. The molecule has 0 aliphatic carbocycles. The first-order valence-corrected chi connectivity index (χ1v) is 16.9. The molecule has 1 N–H and O–H groups in total. The van der Waals surface area contributed by atoms with Crippen molar-refractivity contribution >= 4 is 44.1 Å². The lowest BCUT2D eigenvalue weighted by atomic mass is 10.2. The Kier molecular flexibility index (Phi) is 10.7. The van der Waals surface area contributed by atoms with Crippen molar-refractivity contribution in [3.63, 3.8) is 0 Å². The number of hydrogen-bond acceptors (Lipinski definition) is 9. The fourth-order valence-electron chi connectivity index (χ4n) is 4.64. The molecule has 10 heteroatoms. The highest BCUT2D eigenvalue weighted by Gasteiger charge is 2.33. The molecule has 0 radical (unpaired) electrons. The van der Waals surface area contributed by atoms with Gasteiger partial charge in [-0.05, 0) is 107 Å². The maximum absolute atomic E-state index is 12.8. The van der Waals surface area contributed by atoms with Gasteiger partial charge in [-0.25, -0.2) is 4.98 Å². The number of ether oxygens (including phenoxy) is 5. The van der Waals surface area contributed by atoms with E-state index < -0.39 is 16.5 Å². The molecule has 240 valence electrons. The summed E-state index contributed by atoms with van der Waals surface area (Å²) in [7, 11) is 2.74. The predicted octanol–water partition coefficient (Wildman–Crippen LogP) is 8.20. The van der Waals surface area contributed by atoms with Gasteiger partial charge in [0.2, 0.25) is 0 Å². The molecular formula is C36H39N2O6S2+. The molecule has 0 atom stereocenters. The Labute approximate surface area is 277 Å². The molecule has 1 heterocycles. The largest absolute Gasteiger partial charge is 0.497 e. The number of hydrogen-bond donors (Lipinski definition) is 1. The van der Waals surface area contributed by atoms with Gasteiger partial charge in [0.15, 0.2) is 21.5 Å². The number of nitrogens with one attached hydrogen (secondary N) is 1. The van der Waals surface area contributed by atoms with Gasteiger partial charge in [0.25, 0.3) is 0 Å². The number of carbonyl (C=O) groups is 1. The van der Waals surface area contributed by atoms with Crippen LogP contribution >= 0.6 is 11.3 Å². The van der Waals surface area contributed by atoms with Crippen molar-refractivity contribution in [1.29, 1.82) is 0 Å². The van der Waals surface area contributed by atoms with E-state index in [-0.39, 0.29) is 19.3 Å². The second-order valence-electron chi connectivity index (χ2n) is 11.2. The van der Waals surface area contributed by atoms with Crippen LogP contribution in [0.1, 0.15) is 27.7 Å². The third-order valence-electron chi connectivity index (χ3n) is 6.75. The SMILES string of the molecule is CCOCOc1ccc2nc(-c3ccc(NCC(=O)OC(C)(C)C)c([S+](c4ccc(OC)cc4)c4ccc(OC)cc4)c3)sc2c1. The molecule has 0 aliphatic heterocycles. The van der Waals surface area contributed by atoms with Gasteiger partial charge in [-0.2, -0.15) is 0 Å². The summed E-state index contributed by atoms with van der Waals surface area (Å²) in [6.45, 7) is 8.34. The molecule has 4 aromatic carbocycles. The molecule has 46 heavy (non-hydrogen) atoms. The second-order valence-corrected chi connectivity index (χ2v) is 14.2. The zero-order valence-electron chi connectivity index (χ0n) is 26.9. The van der Waals surface area contributed by atoms with E-state index in [1.807, 2.05) is 82.3 Å². The van der Waals surface area contributed by atoms with Gasteiger partial charge in [0, 0.05) is 18.2 Å². The summed E-state index contributed by atoms with van der Waals surface area (Å²) in [5, 5.41) is 4.25. The molecule has 0 saturated heterocycles. The lowest BCUT2D eigenvalue weighted by Gasteiger charge is -2.20. The monoisotopic (exact) mass is 659 g/mol. The predicted molar refractivity (Wildman–Crippen MR) is 185 cm³/mol. The first-order chi connectivity index (χ1) is 22.2. The molecule has 0 aliphatic rings. The number of carbonyl (C=O) groups excluding carboxylic acids is 1. The Morgan fingerprint density at radius 2 is 1.48 bits per heavy atom. The van der Waals surface area contributed by atoms with Crippen LogP contribution in [-0.2, 0) is 25.2 Å². The quantitative estimate of drug-likeness (QED) is 0.0586. The van der Waals surface area contributed by atoms with Gasteiger partial charge >= 0.3 is 5.97 Å². The second kappa shape index (κ2) is 14.9. The number of benzene rings is 4. The molecule has 0 amide bonds. The molecule has 5 aromatic rings. The minimum atomic E-state index is -0.581. The average molecular weight is 660 g/mol. The van der Waals surface area contributed by atoms with E-state index in [0.29, 0.717) is 6.61 Å². The number of aromatic nitrogens is 1. The smallest absolute Gasteiger partial charge is 0.325 e. The summed E-state index contributed by atoms with van der Waals surface area (Å²) >= 11 is 1.60. The van der Waals surface area contributed by atoms with E-state index in [0.717, 1.165) is 58.4 Å². The number of anilines is 1. The van der Waals surface area contributed by atoms with Crippen LogP contribution in [0.15, 0.2) is 99.6 Å². The highest BCUT2D eigenvalue weighted by molar-refractivity contribution is 7.97. The van der Waals surface area contributed by atoms with Crippen LogP contribution in [0.2, 0.25) is 0 Å². The van der Waals surface area contributed by atoms with Crippen molar-refractivity contribution in [1.82, 2.24) is 4.98 Å². The van der Waals surface area contributed by atoms with E-state index in [9.17, 15) is 4.79 Å². The first kappa shape index (κ1) is 33.1. The third-order valence-corrected chi connectivity index (χ3v) is 10.1. The highest BCUT2D eigenvalue weighted by atomic mass is 32.2. The van der Waals surface area contributed by atoms with Crippen molar-refractivity contribution in [2.45, 2.75) is 48.0 Å². The molecule has 0 fully saturated rings. The zero-order chi connectivity index (χ0) is 32.7. The molecule has 0 unspecified atom stereocenters. The minimum Gasteiger partial charge on any atom is -0.497 e. The van der Waals surface area contributed by atoms with E-state index in [4.69, 9.17) is 28.7 Å². The maximum atomic E-state index is 12.8. The van der Waals surface area contributed by atoms with Crippen LogP contribution in [0.25, 0.3) is 20.8 Å². The Hall–Kier alpha value is -4.25. The van der Waals surface area contributed by atoms with Crippen LogP contribution in [0.4, 0.5) is 5.69 Å². The molecule has 1 aromatic heterocycles. The lowest BCUT2D eigenvalue weighted by Crippen LogP contribution is -2.28. The van der Waals surface area contributed by atoms with Crippen LogP contribution in [-0.4, -0.2) is 50.7 Å². The van der Waals surface area contributed by atoms with Crippen molar-refractivity contribution < 1.29 is 28.5 Å². The highest BCUT2D eigenvalue weighted by Crippen LogP contribution is 2.41. The molecule has 5 rings (SSSR count). The fraction of sp³-hybridized carbons (Fsp3) is 0.278. The number of thiazole rings is 1. The Bertz CT molecular complexity index is 1720. The molecule has 8 nitrogen and oxygen atoms in total. The topological polar surface area (TPSA) is 88.1 Å². The first-order valence-electron chi connectivity index (χ1n) is 14.9. The molecule has 0 spiro atoms. The van der Waals surface area contributed by atoms with Gasteiger partial charge in [-0.1, -0.05) is 0 Å². The zero-order valence-corrected chi connectivity index (χ0v) is 28.6. The summed E-state index contributed by atoms with van der Waals surface area (Å²) in [5.41, 5.74) is 2.11. The van der Waals surface area contributed by atoms with Crippen LogP contribution in [0, 0.1) is 0 Å². The van der Waals surface area contributed by atoms with E-state index in [2.05, 4.69) is 35.6 Å². The third kappa shape index (κ3) is 8.31. The summed E-state index contributed by atoms with van der Waals surface area (Å²) in [4.78, 5) is 20.9. The van der Waals surface area contributed by atoms with E-state index >= 15 is 0 Å². The Morgan fingerprint density at radius 1 is 0.848 bits per heavy atom. The number of esters is 1. The average Bonchev–Trinajstić information content (AvgIpc) is 3.48. The Balaban J connectivity index is 1.60. The number of nitrogens with zero attached hydrogens (tertiary/aromatic N) is 1. The summed E-state index contributed by atoms with van der Waals surface area (Å²) < 4.78 is 28.6. The van der Waals surface area contributed by atoms with Gasteiger partial charge in [0.05, 0.1) is 30.1 Å². The molecule has 0 saturated carbocycles. The maximum Gasteiger partial charge on any atom is 0.325 e.